The van der Waals surface area contributed by atoms with Crippen LogP contribution in [-0.4, -0.2) is 55.5 Å². The Bertz CT molecular complexity index is 1170. The molecule has 2 aromatic carbocycles. The van der Waals surface area contributed by atoms with Crippen LogP contribution in [0.5, 0.6) is 5.75 Å². The highest BCUT2D eigenvalue weighted by molar-refractivity contribution is 5.92. The van der Waals surface area contributed by atoms with Gasteiger partial charge in [-0.2, -0.15) is 0 Å². The molecule has 0 amide bonds. The molecule has 0 spiro atoms. The first-order valence-corrected chi connectivity index (χ1v) is 12.7. The number of benzene rings is 2. The molecule has 6 nitrogen and oxygen atoms in total. The predicted octanol–water partition coefficient (Wildman–Crippen LogP) is 5.19. The lowest BCUT2D eigenvalue weighted by Gasteiger charge is -2.34. The fourth-order valence-corrected chi connectivity index (χ4v) is 5.62. The van der Waals surface area contributed by atoms with Crippen LogP contribution in [0.2, 0.25) is 0 Å². The van der Waals surface area contributed by atoms with Crippen molar-refractivity contribution >= 4 is 22.4 Å². The molecule has 5 rings (SSSR count). The van der Waals surface area contributed by atoms with E-state index in [1.807, 2.05) is 36.2 Å². The predicted molar refractivity (Wildman–Crippen MR) is 138 cm³/mol. The molecule has 1 aromatic heterocycles. The molecule has 186 valence electrons. The average Bonchev–Trinajstić information content (AvgIpc) is 3.35. The summed E-state index contributed by atoms with van der Waals surface area (Å²) in [7, 11) is 3.68. The number of aromatic nitrogens is 2. The van der Waals surface area contributed by atoms with Crippen LogP contribution in [0, 0.1) is 0 Å². The summed E-state index contributed by atoms with van der Waals surface area (Å²) in [6.07, 6.45) is 4.69. The summed E-state index contributed by atoms with van der Waals surface area (Å²) in [4.78, 5) is 13.9. The van der Waals surface area contributed by atoms with Crippen LogP contribution in [0.1, 0.15) is 55.8 Å². The number of aliphatic hydroxyl groups excluding tert-OH is 1. The summed E-state index contributed by atoms with van der Waals surface area (Å²) in [5, 5.41) is 10.3. The standard InChI is InChI=1S/C28H35FN4O2/c1-32(17-18-34)21-9-10-24-23(19-21)26(31-27(30-24)28(29)13-5-6-14-28)33-15-11-20(12-16-33)22-7-3-4-8-25(22)35-2/h3-4,7-10,19-20,34H,5-6,11-18H2,1-2H3. The average molecular weight is 479 g/mol. The van der Waals surface area contributed by atoms with E-state index >= 15 is 4.39 Å². The number of anilines is 2. The van der Waals surface area contributed by atoms with Crippen LogP contribution in [0.25, 0.3) is 10.9 Å². The van der Waals surface area contributed by atoms with E-state index < -0.39 is 5.67 Å². The number of hydrogen-bond acceptors (Lipinski definition) is 6. The Kier molecular flexibility index (Phi) is 6.78. The molecule has 0 atom stereocenters. The molecule has 7 heteroatoms. The molecular formula is C28H35FN4O2. The summed E-state index contributed by atoms with van der Waals surface area (Å²) in [5.41, 5.74) is 1.58. The first-order chi connectivity index (χ1) is 17.0. The molecule has 3 aromatic rings. The summed E-state index contributed by atoms with van der Waals surface area (Å²) in [5.74, 6) is 2.52. The number of halogens is 1. The third-order valence-electron chi connectivity index (χ3n) is 7.71. The first kappa shape index (κ1) is 23.8. The first-order valence-electron chi connectivity index (χ1n) is 12.7. The van der Waals surface area contributed by atoms with Crippen LogP contribution in [-0.2, 0) is 5.67 Å². The minimum atomic E-state index is -1.44. The number of alkyl halides is 1. The van der Waals surface area contributed by atoms with Crippen LogP contribution in [0.15, 0.2) is 42.5 Å². The zero-order valence-corrected chi connectivity index (χ0v) is 20.7. The van der Waals surface area contributed by atoms with Crippen molar-refractivity contribution in [1.29, 1.82) is 0 Å². The molecule has 0 unspecified atom stereocenters. The number of hydrogen-bond donors (Lipinski definition) is 1. The Balaban J connectivity index is 1.50. The molecule has 1 aliphatic carbocycles. The van der Waals surface area contributed by atoms with E-state index in [0.717, 1.165) is 66.9 Å². The van der Waals surface area contributed by atoms with Crippen LogP contribution in [0.4, 0.5) is 15.9 Å². The second-order valence-corrected chi connectivity index (χ2v) is 9.89. The minimum Gasteiger partial charge on any atom is -0.496 e. The van der Waals surface area contributed by atoms with Crippen molar-refractivity contribution in [1.82, 2.24) is 9.97 Å². The lowest BCUT2D eigenvalue weighted by Crippen LogP contribution is -2.34. The highest BCUT2D eigenvalue weighted by Gasteiger charge is 2.39. The monoisotopic (exact) mass is 478 g/mol. The van der Waals surface area contributed by atoms with E-state index in [1.54, 1.807) is 7.11 Å². The number of nitrogens with zero attached hydrogens (tertiary/aromatic N) is 4. The third-order valence-corrected chi connectivity index (χ3v) is 7.71. The fraction of sp³-hybridized carbons (Fsp3) is 0.500. The highest BCUT2D eigenvalue weighted by atomic mass is 19.1. The van der Waals surface area contributed by atoms with Gasteiger partial charge < -0.3 is 19.6 Å². The molecular weight excluding hydrogens is 443 g/mol. The molecule has 0 bridgehead atoms. The number of fused-ring (bicyclic) bond motifs is 1. The van der Waals surface area contributed by atoms with Gasteiger partial charge in [-0.3, -0.25) is 0 Å². The Hall–Kier alpha value is -2.93. The number of methoxy groups -OCH3 is 1. The van der Waals surface area contributed by atoms with E-state index in [9.17, 15) is 5.11 Å². The van der Waals surface area contributed by atoms with E-state index in [1.165, 1.54) is 5.56 Å². The second kappa shape index (κ2) is 9.97. The number of likely N-dealkylation sites (N-methyl/N-ethyl adjacent to an activating group) is 1. The van der Waals surface area contributed by atoms with Crippen molar-refractivity contribution in [2.75, 3.05) is 50.2 Å². The van der Waals surface area contributed by atoms with Gasteiger partial charge in [0.1, 0.15) is 11.6 Å². The number of piperidine rings is 1. The molecule has 0 radical (unpaired) electrons. The van der Waals surface area contributed by atoms with Crippen molar-refractivity contribution < 1.29 is 14.2 Å². The zero-order valence-electron chi connectivity index (χ0n) is 20.7. The van der Waals surface area contributed by atoms with Gasteiger partial charge in [-0.05, 0) is 74.3 Å². The van der Waals surface area contributed by atoms with Crippen molar-refractivity contribution in [2.24, 2.45) is 0 Å². The minimum absolute atomic E-state index is 0.0810. The molecule has 1 N–H and O–H groups in total. The van der Waals surface area contributed by atoms with Gasteiger partial charge in [-0.1, -0.05) is 18.2 Å². The van der Waals surface area contributed by atoms with E-state index in [4.69, 9.17) is 14.7 Å². The Morgan fingerprint density at radius 2 is 1.86 bits per heavy atom. The smallest absolute Gasteiger partial charge is 0.170 e. The molecule has 1 saturated carbocycles. The van der Waals surface area contributed by atoms with Gasteiger partial charge in [0, 0.05) is 37.8 Å². The van der Waals surface area contributed by atoms with E-state index in [0.29, 0.717) is 31.1 Å². The third kappa shape index (κ3) is 4.66. The molecule has 1 saturated heterocycles. The molecule has 2 heterocycles. The Labute approximate surface area is 206 Å². The quantitative estimate of drug-likeness (QED) is 0.504. The van der Waals surface area contributed by atoms with Gasteiger partial charge in [0.05, 0.1) is 19.2 Å². The molecule has 35 heavy (non-hydrogen) atoms. The maximum absolute atomic E-state index is 15.8. The second-order valence-electron chi connectivity index (χ2n) is 9.89. The number of aliphatic hydroxyl groups is 1. The van der Waals surface area contributed by atoms with Crippen molar-refractivity contribution in [2.45, 2.75) is 50.1 Å². The zero-order chi connectivity index (χ0) is 24.4. The lowest BCUT2D eigenvalue weighted by atomic mass is 9.88. The van der Waals surface area contributed by atoms with E-state index in [2.05, 4.69) is 23.1 Å². The maximum atomic E-state index is 15.8. The van der Waals surface area contributed by atoms with Gasteiger partial charge in [0.25, 0.3) is 0 Å². The summed E-state index contributed by atoms with van der Waals surface area (Å²) in [6, 6.07) is 14.3. The largest absolute Gasteiger partial charge is 0.496 e. The van der Waals surface area contributed by atoms with Crippen molar-refractivity contribution in [3.8, 4) is 5.75 Å². The van der Waals surface area contributed by atoms with Crippen LogP contribution >= 0.6 is 0 Å². The van der Waals surface area contributed by atoms with Crippen LogP contribution < -0.4 is 14.5 Å². The summed E-state index contributed by atoms with van der Waals surface area (Å²) < 4.78 is 21.4. The molecule has 2 aliphatic rings. The number of rotatable bonds is 7. The summed E-state index contributed by atoms with van der Waals surface area (Å²) in [6.45, 7) is 2.30. The molecule has 1 aliphatic heterocycles. The maximum Gasteiger partial charge on any atom is 0.170 e. The van der Waals surface area contributed by atoms with Gasteiger partial charge >= 0.3 is 0 Å². The Morgan fingerprint density at radius 3 is 2.57 bits per heavy atom. The SMILES string of the molecule is COc1ccccc1C1CCN(c2nc(C3(F)CCCC3)nc3ccc(N(C)CCO)cc23)CC1. The van der Waals surface area contributed by atoms with E-state index in [-0.39, 0.29) is 6.61 Å². The summed E-state index contributed by atoms with van der Waals surface area (Å²) >= 11 is 0. The Morgan fingerprint density at radius 1 is 1.11 bits per heavy atom. The number of para-hydroxylation sites is 1. The number of ether oxygens (including phenoxy) is 1. The van der Waals surface area contributed by atoms with Crippen molar-refractivity contribution in [3.05, 3.63) is 53.9 Å². The fourth-order valence-electron chi connectivity index (χ4n) is 5.62. The topological polar surface area (TPSA) is 61.7 Å². The molecule has 2 fully saturated rings. The van der Waals surface area contributed by atoms with Gasteiger partial charge in [-0.15, -0.1) is 0 Å². The van der Waals surface area contributed by atoms with Gasteiger partial charge in [-0.25, -0.2) is 14.4 Å². The van der Waals surface area contributed by atoms with Crippen molar-refractivity contribution in [3.63, 3.8) is 0 Å². The van der Waals surface area contributed by atoms with Gasteiger partial charge in [0.2, 0.25) is 0 Å². The van der Waals surface area contributed by atoms with Crippen LogP contribution in [0.3, 0.4) is 0 Å². The highest BCUT2D eigenvalue weighted by Crippen LogP contribution is 2.43. The lowest BCUT2D eigenvalue weighted by molar-refractivity contribution is 0.162. The van der Waals surface area contributed by atoms with Gasteiger partial charge in [0.15, 0.2) is 11.5 Å². The normalized spacial score (nSPS) is 18.2.